The zero-order valence-electron chi connectivity index (χ0n) is 12.5. The second-order valence-electron chi connectivity index (χ2n) is 6.27. The van der Waals surface area contributed by atoms with Crippen molar-refractivity contribution in [3.8, 4) is 0 Å². The predicted octanol–water partition coefficient (Wildman–Crippen LogP) is 2.57. The molecular formula is C14H22BrN3O2. The monoisotopic (exact) mass is 343 g/mol. The molecule has 0 radical (unpaired) electrons. The molecule has 0 aliphatic carbocycles. The highest BCUT2D eigenvalue weighted by molar-refractivity contribution is 9.10. The number of carboxylic acid groups (broad SMARTS) is 1. The van der Waals surface area contributed by atoms with E-state index in [4.69, 9.17) is 0 Å². The van der Waals surface area contributed by atoms with Crippen LogP contribution in [0.15, 0.2) is 4.47 Å². The average molecular weight is 344 g/mol. The van der Waals surface area contributed by atoms with Gasteiger partial charge in [-0.25, -0.2) is 0 Å². The Balaban J connectivity index is 2.29. The lowest BCUT2D eigenvalue weighted by Crippen LogP contribution is -2.53. The molecule has 0 bridgehead atoms. The number of rotatable bonds is 3. The zero-order chi connectivity index (χ0) is 15.1. The maximum Gasteiger partial charge on any atom is 0.321 e. The Hall–Kier alpha value is -0.880. The maximum atomic E-state index is 11.7. The molecule has 1 aliphatic rings. The summed E-state index contributed by atoms with van der Waals surface area (Å²) in [4.78, 5) is 13.7. The minimum absolute atomic E-state index is 0.204. The second kappa shape index (κ2) is 5.48. The lowest BCUT2D eigenvalue weighted by atomic mass is 9.76. The minimum atomic E-state index is -0.732. The fraction of sp³-hybridized carbons (Fsp3) is 0.714. The van der Waals surface area contributed by atoms with Crippen LogP contribution in [0.4, 0.5) is 0 Å². The molecule has 1 fully saturated rings. The van der Waals surface area contributed by atoms with Gasteiger partial charge in [0.15, 0.2) is 0 Å². The Morgan fingerprint density at radius 2 is 2.20 bits per heavy atom. The summed E-state index contributed by atoms with van der Waals surface area (Å²) in [6.45, 7) is 7.46. The van der Waals surface area contributed by atoms with Crippen molar-refractivity contribution in [2.24, 2.45) is 12.5 Å². The van der Waals surface area contributed by atoms with Crippen LogP contribution in [0.2, 0.25) is 0 Å². The Bertz CT molecular complexity index is 525. The van der Waals surface area contributed by atoms with E-state index in [-0.39, 0.29) is 5.41 Å². The SMILES string of the molecule is Cc1nn(C)c(CN2CCCC(C)(C)C2C(=O)O)c1Br. The molecule has 2 heterocycles. The smallest absolute Gasteiger partial charge is 0.321 e. The van der Waals surface area contributed by atoms with Crippen LogP contribution in [0.5, 0.6) is 0 Å². The van der Waals surface area contributed by atoms with E-state index in [1.807, 2.05) is 32.5 Å². The number of carbonyl (C=O) groups is 1. The lowest BCUT2D eigenvalue weighted by Gasteiger charge is -2.44. The first kappa shape index (κ1) is 15.5. The number of carboxylic acids is 1. The van der Waals surface area contributed by atoms with Gasteiger partial charge in [-0.2, -0.15) is 5.10 Å². The molecule has 1 aliphatic heterocycles. The third kappa shape index (κ3) is 2.76. The molecular weight excluding hydrogens is 322 g/mol. The van der Waals surface area contributed by atoms with Gasteiger partial charge in [0.25, 0.3) is 0 Å². The van der Waals surface area contributed by atoms with Crippen LogP contribution >= 0.6 is 15.9 Å². The van der Waals surface area contributed by atoms with Crippen LogP contribution in [0, 0.1) is 12.3 Å². The Morgan fingerprint density at radius 3 is 2.70 bits per heavy atom. The molecule has 1 atom stereocenters. The first-order valence-electron chi connectivity index (χ1n) is 6.89. The van der Waals surface area contributed by atoms with E-state index in [1.165, 1.54) is 0 Å². The number of halogens is 1. The molecule has 20 heavy (non-hydrogen) atoms. The van der Waals surface area contributed by atoms with Crippen LogP contribution in [0.3, 0.4) is 0 Å². The van der Waals surface area contributed by atoms with Gasteiger partial charge in [-0.1, -0.05) is 13.8 Å². The minimum Gasteiger partial charge on any atom is -0.480 e. The molecule has 1 aromatic heterocycles. The summed E-state index contributed by atoms with van der Waals surface area (Å²) in [5, 5.41) is 14.0. The van der Waals surface area contributed by atoms with Crippen LogP contribution in [0.1, 0.15) is 38.1 Å². The first-order chi connectivity index (χ1) is 9.24. The number of hydrogen-bond donors (Lipinski definition) is 1. The third-order valence-corrected chi connectivity index (χ3v) is 5.25. The van der Waals surface area contributed by atoms with Crippen LogP contribution in [-0.4, -0.2) is 38.3 Å². The molecule has 0 amide bonds. The highest BCUT2D eigenvalue weighted by Crippen LogP contribution is 2.36. The number of piperidine rings is 1. The second-order valence-corrected chi connectivity index (χ2v) is 7.07. The van der Waals surface area contributed by atoms with Crippen molar-refractivity contribution in [3.05, 3.63) is 15.9 Å². The molecule has 1 unspecified atom stereocenters. The Labute approximate surface area is 128 Å². The van der Waals surface area contributed by atoms with Crippen LogP contribution in [0.25, 0.3) is 0 Å². The van der Waals surface area contributed by atoms with Crippen molar-refractivity contribution < 1.29 is 9.90 Å². The van der Waals surface area contributed by atoms with E-state index < -0.39 is 12.0 Å². The first-order valence-corrected chi connectivity index (χ1v) is 7.68. The van der Waals surface area contributed by atoms with E-state index >= 15 is 0 Å². The van der Waals surface area contributed by atoms with Gasteiger partial charge in [0, 0.05) is 13.6 Å². The molecule has 112 valence electrons. The number of aromatic nitrogens is 2. The number of likely N-dealkylation sites (tertiary alicyclic amines) is 1. The zero-order valence-corrected chi connectivity index (χ0v) is 14.1. The highest BCUT2D eigenvalue weighted by Gasteiger charge is 2.42. The fourth-order valence-corrected chi connectivity index (χ4v) is 3.66. The normalized spacial score (nSPS) is 22.9. The molecule has 1 N–H and O–H groups in total. The van der Waals surface area contributed by atoms with Gasteiger partial charge in [-0.15, -0.1) is 0 Å². The predicted molar refractivity (Wildman–Crippen MR) is 80.5 cm³/mol. The quantitative estimate of drug-likeness (QED) is 0.916. The molecule has 1 aromatic rings. The summed E-state index contributed by atoms with van der Waals surface area (Å²) >= 11 is 3.56. The number of hydrogen-bond acceptors (Lipinski definition) is 3. The molecule has 6 heteroatoms. The van der Waals surface area contributed by atoms with Crippen molar-refractivity contribution in [2.75, 3.05) is 6.54 Å². The van der Waals surface area contributed by atoms with Crippen molar-refractivity contribution in [1.82, 2.24) is 14.7 Å². The van der Waals surface area contributed by atoms with Gasteiger partial charge in [-0.05, 0) is 47.7 Å². The molecule has 1 saturated heterocycles. The topological polar surface area (TPSA) is 58.4 Å². The summed E-state index contributed by atoms with van der Waals surface area (Å²) in [7, 11) is 1.90. The standard InChI is InChI=1S/C14H22BrN3O2/c1-9-11(15)10(17(4)16-9)8-18-7-5-6-14(2,3)12(18)13(19)20/h12H,5-8H2,1-4H3,(H,19,20). The van der Waals surface area contributed by atoms with Gasteiger partial charge in [-0.3, -0.25) is 14.4 Å². The Kier molecular flexibility index (Phi) is 4.25. The van der Waals surface area contributed by atoms with Crippen molar-refractivity contribution in [3.63, 3.8) is 0 Å². The van der Waals surface area contributed by atoms with Crippen molar-refractivity contribution in [1.29, 1.82) is 0 Å². The van der Waals surface area contributed by atoms with Gasteiger partial charge in [0.2, 0.25) is 0 Å². The van der Waals surface area contributed by atoms with E-state index in [1.54, 1.807) is 0 Å². The van der Waals surface area contributed by atoms with E-state index in [0.717, 1.165) is 35.2 Å². The van der Waals surface area contributed by atoms with E-state index in [0.29, 0.717) is 6.54 Å². The van der Waals surface area contributed by atoms with Crippen molar-refractivity contribution in [2.45, 2.75) is 46.2 Å². The van der Waals surface area contributed by atoms with Gasteiger partial charge in [0.1, 0.15) is 6.04 Å². The summed E-state index contributed by atoms with van der Waals surface area (Å²) in [6.07, 6.45) is 1.98. The maximum absolute atomic E-state index is 11.7. The molecule has 0 saturated carbocycles. The summed E-state index contributed by atoms with van der Waals surface area (Å²) in [6, 6.07) is -0.446. The largest absolute Gasteiger partial charge is 0.480 e. The van der Waals surface area contributed by atoms with Crippen LogP contribution < -0.4 is 0 Å². The van der Waals surface area contributed by atoms with Gasteiger partial charge >= 0.3 is 5.97 Å². The molecule has 5 nitrogen and oxygen atoms in total. The average Bonchev–Trinajstić information content (AvgIpc) is 2.54. The molecule has 0 spiro atoms. The summed E-state index contributed by atoms with van der Waals surface area (Å²) < 4.78 is 2.81. The number of aliphatic carboxylic acids is 1. The van der Waals surface area contributed by atoms with E-state index in [2.05, 4.69) is 25.9 Å². The van der Waals surface area contributed by atoms with Crippen molar-refractivity contribution >= 4 is 21.9 Å². The van der Waals surface area contributed by atoms with E-state index in [9.17, 15) is 9.90 Å². The number of nitrogens with zero attached hydrogens (tertiary/aromatic N) is 3. The molecule has 2 rings (SSSR count). The fourth-order valence-electron chi connectivity index (χ4n) is 3.20. The summed E-state index contributed by atoms with van der Waals surface area (Å²) in [5.41, 5.74) is 1.77. The molecule has 0 aromatic carbocycles. The lowest BCUT2D eigenvalue weighted by molar-refractivity contribution is -0.151. The van der Waals surface area contributed by atoms with Gasteiger partial charge in [0.05, 0.1) is 15.9 Å². The highest BCUT2D eigenvalue weighted by atomic mass is 79.9. The third-order valence-electron chi connectivity index (χ3n) is 4.22. The van der Waals surface area contributed by atoms with Crippen LogP contribution in [-0.2, 0) is 18.4 Å². The Morgan fingerprint density at radius 1 is 1.55 bits per heavy atom. The summed E-state index contributed by atoms with van der Waals surface area (Å²) in [5.74, 6) is -0.732. The number of aryl methyl sites for hydroxylation is 2. The van der Waals surface area contributed by atoms with Gasteiger partial charge < -0.3 is 5.11 Å².